The number of amides is 1. The Morgan fingerprint density at radius 2 is 1.37 bits per heavy atom. The molecule has 148 valence electrons. The van der Waals surface area contributed by atoms with Gasteiger partial charge in [0.25, 0.3) is 5.91 Å². The molecule has 0 saturated carbocycles. The molecule has 4 heteroatoms. The molecule has 2 aliphatic rings. The third kappa shape index (κ3) is 1.93. The van der Waals surface area contributed by atoms with Gasteiger partial charge in [-0.2, -0.15) is 5.26 Å². The minimum Gasteiger partial charge on any atom is -0.294 e. The van der Waals surface area contributed by atoms with Gasteiger partial charge in [0.15, 0.2) is 5.41 Å². The zero-order valence-electron chi connectivity index (χ0n) is 17.1. The molecule has 0 N–H and O–H groups in total. The van der Waals surface area contributed by atoms with E-state index < -0.39 is 16.4 Å². The molecule has 3 aromatic rings. The van der Waals surface area contributed by atoms with Crippen molar-refractivity contribution in [2.75, 3.05) is 4.90 Å². The highest BCUT2D eigenvalue weighted by atomic mass is 35.5. The van der Waals surface area contributed by atoms with Crippen molar-refractivity contribution >= 4 is 23.2 Å². The molecule has 1 heterocycles. The molecule has 1 aliphatic carbocycles. The smallest absolute Gasteiger partial charge is 0.252 e. The molecule has 3 nitrogen and oxygen atoms in total. The van der Waals surface area contributed by atoms with Crippen LogP contribution in [0.5, 0.6) is 0 Å². The number of halogens is 1. The van der Waals surface area contributed by atoms with Crippen LogP contribution in [0.3, 0.4) is 0 Å². The van der Waals surface area contributed by atoms with Crippen LogP contribution in [0.15, 0.2) is 72.8 Å². The van der Waals surface area contributed by atoms with Crippen LogP contribution < -0.4 is 4.90 Å². The van der Waals surface area contributed by atoms with Crippen molar-refractivity contribution in [3.63, 3.8) is 0 Å². The molecular weight excluding hydrogens is 392 g/mol. The van der Waals surface area contributed by atoms with E-state index in [1.54, 1.807) is 12.1 Å². The molecule has 1 amide bonds. The van der Waals surface area contributed by atoms with Crippen LogP contribution in [0, 0.1) is 22.2 Å². The van der Waals surface area contributed by atoms with Gasteiger partial charge < -0.3 is 0 Å². The van der Waals surface area contributed by atoms with Gasteiger partial charge >= 0.3 is 0 Å². The minimum absolute atomic E-state index is 0.175. The van der Waals surface area contributed by atoms with Crippen molar-refractivity contribution in [1.29, 1.82) is 5.26 Å². The number of benzene rings is 3. The molecule has 1 spiro atoms. The van der Waals surface area contributed by atoms with E-state index in [9.17, 15) is 10.1 Å². The van der Waals surface area contributed by atoms with Gasteiger partial charge in [-0.05, 0) is 51.9 Å². The monoisotopic (exact) mass is 412 g/mol. The van der Waals surface area contributed by atoms with Crippen LogP contribution >= 0.6 is 11.6 Å². The Hall–Kier alpha value is -3.09. The number of anilines is 1. The number of hydrogen-bond acceptors (Lipinski definition) is 2. The predicted molar refractivity (Wildman–Crippen MR) is 119 cm³/mol. The first-order chi connectivity index (χ1) is 14.3. The summed E-state index contributed by atoms with van der Waals surface area (Å²) in [6.45, 7) is 5.95. The second-order valence-corrected chi connectivity index (χ2v) is 9.47. The molecular formula is C26H21ClN2O. The lowest BCUT2D eigenvalue weighted by molar-refractivity contribution is -0.149. The highest BCUT2D eigenvalue weighted by Crippen LogP contribution is 2.71. The van der Waals surface area contributed by atoms with E-state index in [0.29, 0.717) is 5.02 Å². The SMILES string of the molecule is CC(C)(C)[C@@]1(C#N)C(=O)N(c2ccc(Cl)cc2)C12c1ccccc1-c1ccccc12. The summed E-state index contributed by atoms with van der Waals surface area (Å²) in [7, 11) is 0. The van der Waals surface area contributed by atoms with Gasteiger partial charge in [0, 0.05) is 10.7 Å². The summed E-state index contributed by atoms with van der Waals surface area (Å²) in [6, 6.07) is 26.1. The highest BCUT2D eigenvalue weighted by molar-refractivity contribution is 6.30. The zero-order chi connectivity index (χ0) is 21.3. The number of carbonyl (C=O) groups excluding carboxylic acids is 1. The second kappa shape index (κ2) is 5.97. The first-order valence-electron chi connectivity index (χ1n) is 10.0. The standard InChI is InChI=1S/C26H21ClN2O/c1-24(2,3)25(16-28)23(30)29(18-14-12-17(27)13-15-18)26(25)21-10-6-4-8-19(21)20-9-5-7-11-22(20)26/h4-15H,1-3H3/t25-/m1/s1. The molecule has 1 fully saturated rings. The number of nitrogens with zero attached hydrogens (tertiary/aromatic N) is 2. The maximum Gasteiger partial charge on any atom is 0.252 e. The van der Waals surface area contributed by atoms with Crippen LogP contribution in [0.1, 0.15) is 31.9 Å². The quantitative estimate of drug-likeness (QED) is 0.449. The fourth-order valence-electron chi connectivity index (χ4n) is 5.51. The number of β-lactam (4-membered cyclic amide) rings is 1. The number of nitriles is 1. The summed E-state index contributed by atoms with van der Waals surface area (Å²) in [4.78, 5) is 15.7. The lowest BCUT2D eigenvalue weighted by atomic mass is 9.47. The van der Waals surface area contributed by atoms with Crippen molar-refractivity contribution in [3.8, 4) is 17.2 Å². The van der Waals surface area contributed by atoms with Crippen molar-refractivity contribution in [2.24, 2.45) is 10.8 Å². The van der Waals surface area contributed by atoms with Crippen LogP contribution in [-0.2, 0) is 10.3 Å². The van der Waals surface area contributed by atoms with E-state index >= 15 is 0 Å². The van der Waals surface area contributed by atoms with Crippen LogP contribution in [0.25, 0.3) is 11.1 Å². The fraction of sp³-hybridized carbons (Fsp3) is 0.231. The van der Waals surface area contributed by atoms with Crippen molar-refractivity contribution in [3.05, 3.63) is 88.9 Å². The number of rotatable bonds is 1. The second-order valence-electron chi connectivity index (χ2n) is 9.03. The first-order valence-corrected chi connectivity index (χ1v) is 10.4. The molecule has 1 atom stereocenters. The predicted octanol–water partition coefficient (Wildman–Crippen LogP) is 6.17. The summed E-state index contributed by atoms with van der Waals surface area (Å²) in [5.41, 5.74) is 2.14. The average Bonchev–Trinajstić information content (AvgIpc) is 3.02. The van der Waals surface area contributed by atoms with Gasteiger partial charge in [0.1, 0.15) is 5.54 Å². The Morgan fingerprint density at radius 3 is 1.83 bits per heavy atom. The molecule has 30 heavy (non-hydrogen) atoms. The molecule has 0 aromatic heterocycles. The summed E-state index contributed by atoms with van der Waals surface area (Å²) in [5.74, 6) is -0.175. The topological polar surface area (TPSA) is 44.1 Å². The lowest BCUT2D eigenvalue weighted by Gasteiger charge is -2.65. The van der Waals surface area contributed by atoms with E-state index in [0.717, 1.165) is 27.9 Å². The minimum atomic E-state index is -1.25. The van der Waals surface area contributed by atoms with Gasteiger partial charge in [-0.3, -0.25) is 9.69 Å². The maximum atomic E-state index is 13.9. The van der Waals surface area contributed by atoms with Gasteiger partial charge in [-0.1, -0.05) is 80.9 Å². The van der Waals surface area contributed by atoms with Crippen molar-refractivity contribution < 1.29 is 4.79 Å². The molecule has 5 rings (SSSR count). The molecule has 0 bridgehead atoms. The van der Waals surface area contributed by atoms with E-state index in [1.165, 1.54) is 0 Å². The van der Waals surface area contributed by atoms with Crippen molar-refractivity contribution in [2.45, 2.75) is 26.3 Å². The third-order valence-electron chi connectivity index (χ3n) is 6.70. The summed E-state index contributed by atoms with van der Waals surface area (Å²) >= 11 is 6.13. The number of hydrogen-bond donors (Lipinski definition) is 0. The van der Waals surface area contributed by atoms with Crippen LogP contribution in [0.2, 0.25) is 5.02 Å². The molecule has 0 radical (unpaired) electrons. The molecule has 1 aliphatic heterocycles. The van der Waals surface area contributed by atoms with E-state index in [4.69, 9.17) is 11.6 Å². The Kier molecular flexibility index (Phi) is 3.76. The van der Waals surface area contributed by atoms with Crippen LogP contribution in [-0.4, -0.2) is 5.91 Å². The van der Waals surface area contributed by atoms with Gasteiger partial charge in [-0.15, -0.1) is 0 Å². The van der Waals surface area contributed by atoms with Gasteiger partial charge in [0.2, 0.25) is 0 Å². The first kappa shape index (κ1) is 18.9. The lowest BCUT2D eigenvalue weighted by Crippen LogP contribution is -2.79. The Bertz CT molecular complexity index is 1190. The third-order valence-corrected chi connectivity index (χ3v) is 6.96. The highest BCUT2D eigenvalue weighted by Gasteiger charge is 2.79. The molecule has 1 saturated heterocycles. The number of carbonyl (C=O) groups is 1. The number of fused-ring (bicyclic) bond motifs is 5. The van der Waals surface area contributed by atoms with E-state index in [1.807, 2.05) is 62.1 Å². The maximum absolute atomic E-state index is 13.9. The molecule has 0 unspecified atom stereocenters. The average molecular weight is 413 g/mol. The fourth-order valence-corrected chi connectivity index (χ4v) is 5.63. The normalized spacial score (nSPS) is 21.0. The molecule has 3 aromatic carbocycles. The summed E-state index contributed by atoms with van der Waals surface area (Å²) in [6.07, 6.45) is 0. The Morgan fingerprint density at radius 1 is 0.867 bits per heavy atom. The van der Waals surface area contributed by atoms with E-state index in [2.05, 4.69) is 30.3 Å². The van der Waals surface area contributed by atoms with Crippen LogP contribution in [0.4, 0.5) is 5.69 Å². The van der Waals surface area contributed by atoms with Gasteiger partial charge in [-0.25, -0.2) is 0 Å². The largest absolute Gasteiger partial charge is 0.294 e. The van der Waals surface area contributed by atoms with Gasteiger partial charge in [0.05, 0.1) is 6.07 Å². The zero-order valence-corrected chi connectivity index (χ0v) is 17.9. The van der Waals surface area contributed by atoms with E-state index in [-0.39, 0.29) is 5.91 Å². The van der Waals surface area contributed by atoms with Crippen molar-refractivity contribution in [1.82, 2.24) is 0 Å². The Balaban J connectivity index is 1.93. The summed E-state index contributed by atoms with van der Waals surface area (Å²) in [5, 5.41) is 11.2. The Labute approximate surface area is 181 Å². The summed E-state index contributed by atoms with van der Waals surface area (Å²) < 4.78 is 0.